The summed E-state index contributed by atoms with van der Waals surface area (Å²) < 4.78 is 30.3. The number of hydrogen-bond donors (Lipinski definition) is 0. The van der Waals surface area contributed by atoms with E-state index in [2.05, 4.69) is 4.90 Å². The molecular formula is C21H33NO4S. The Morgan fingerprint density at radius 2 is 1.93 bits per heavy atom. The number of benzene rings is 1. The molecule has 1 heterocycles. The van der Waals surface area contributed by atoms with Crippen LogP contribution < -0.4 is 0 Å². The number of ether oxygens (including phenoxy) is 1. The van der Waals surface area contributed by atoms with Crippen LogP contribution in [0, 0.1) is 12.8 Å². The maximum atomic E-state index is 13.0. The molecule has 1 saturated heterocycles. The van der Waals surface area contributed by atoms with Gasteiger partial charge in [-0.25, -0.2) is 8.42 Å². The lowest BCUT2D eigenvalue weighted by atomic mass is 9.97. The minimum absolute atomic E-state index is 0.0528. The summed E-state index contributed by atoms with van der Waals surface area (Å²) in [6.07, 6.45) is 3.23. The summed E-state index contributed by atoms with van der Waals surface area (Å²) >= 11 is 0. The van der Waals surface area contributed by atoms with E-state index in [0.717, 1.165) is 37.9 Å². The Kier molecular flexibility index (Phi) is 7.46. The molecule has 0 amide bonds. The molecule has 1 aromatic carbocycles. The summed E-state index contributed by atoms with van der Waals surface area (Å²) in [5.74, 6) is -0.160. The second kappa shape index (κ2) is 9.20. The van der Waals surface area contributed by atoms with Crippen LogP contribution in [0.3, 0.4) is 0 Å². The van der Waals surface area contributed by atoms with Crippen molar-refractivity contribution >= 4 is 15.8 Å². The minimum atomic E-state index is -3.38. The van der Waals surface area contributed by atoms with Crippen molar-refractivity contribution in [3.63, 3.8) is 0 Å². The lowest BCUT2D eigenvalue weighted by Crippen LogP contribution is -2.40. The van der Waals surface area contributed by atoms with E-state index in [-0.39, 0.29) is 11.9 Å². The molecule has 1 atom stereocenters. The molecule has 0 spiro atoms. The van der Waals surface area contributed by atoms with E-state index >= 15 is 0 Å². The van der Waals surface area contributed by atoms with Gasteiger partial charge in [-0.15, -0.1) is 0 Å². The highest BCUT2D eigenvalue weighted by Crippen LogP contribution is 2.30. The molecular weight excluding hydrogens is 362 g/mol. The molecule has 0 aliphatic carbocycles. The average Bonchev–Trinajstić information content (AvgIpc) is 2.62. The van der Waals surface area contributed by atoms with Gasteiger partial charge in [0.2, 0.25) is 0 Å². The highest BCUT2D eigenvalue weighted by atomic mass is 32.2. The molecule has 152 valence electrons. The summed E-state index contributed by atoms with van der Waals surface area (Å²) in [7, 11) is -3.38. The number of nitrogens with zero attached hydrogens (tertiary/aromatic N) is 1. The lowest BCUT2D eigenvalue weighted by Gasteiger charge is -2.32. The van der Waals surface area contributed by atoms with E-state index in [9.17, 15) is 13.2 Å². The van der Waals surface area contributed by atoms with E-state index < -0.39 is 14.6 Å². The summed E-state index contributed by atoms with van der Waals surface area (Å²) in [6, 6.07) is 7.07. The molecule has 0 bridgehead atoms. The second-order valence-corrected chi connectivity index (χ2v) is 10.7. The first-order chi connectivity index (χ1) is 12.7. The number of piperidine rings is 1. The van der Waals surface area contributed by atoms with Gasteiger partial charge in [0.1, 0.15) is 0 Å². The van der Waals surface area contributed by atoms with Gasteiger partial charge in [0, 0.05) is 6.54 Å². The van der Waals surface area contributed by atoms with E-state index in [1.807, 2.05) is 26.0 Å². The highest BCUT2D eigenvalue weighted by Gasteiger charge is 2.35. The van der Waals surface area contributed by atoms with Gasteiger partial charge in [0.05, 0.1) is 22.2 Å². The highest BCUT2D eigenvalue weighted by molar-refractivity contribution is 7.92. The predicted octanol–water partition coefficient (Wildman–Crippen LogP) is 3.60. The predicted molar refractivity (Wildman–Crippen MR) is 107 cm³/mol. The van der Waals surface area contributed by atoms with Gasteiger partial charge in [-0.1, -0.05) is 17.7 Å². The maximum Gasteiger partial charge on any atom is 0.310 e. The van der Waals surface area contributed by atoms with E-state index in [1.54, 1.807) is 26.0 Å². The van der Waals surface area contributed by atoms with Crippen LogP contribution >= 0.6 is 0 Å². The van der Waals surface area contributed by atoms with Gasteiger partial charge in [-0.3, -0.25) is 4.79 Å². The van der Waals surface area contributed by atoms with Crippen molar-refractivity contribution in [3.05, 3.63) is 29.8 Å². The summed E-state index contributed by atoms with van der Waals surface area (Å²) in [5.41, 5.74) is 1.05. The van der Waals surface area contributed by atoms with Gasteiger partial charge < -0.3 is 9.64 Å². The van der Waals surface area contributed by atoms with Crippen molar-refractivity contribution in [1.82, 2.24) is 4.90 Å². The third-order valence-corrected chi connectivity index (χ3v) is 7.99. The minimum Gasteiger partial charge on any atom is -0.466 e. The summed E-state index contributed by atoms with van der Waals surface area (Å²) in [4.78, 5) is 14.6. The Morgan fingerprint density at radius 1 is 1.26 bits per heavy atom. The third-order valence-electron chi connectivity index (χ3n) is 5.44. The molecule has 1 aliphatic heterocycles. The Bertz CT molecular complexity index is 725. The zero-order valence-corrected chi connectivity index (χ0v) is 17.8. The molecule has 1 aliphatic rings. The van der Waals surface area contributed by atoms with Crippen LogP contribution in [0.2, 0.25) is 0 Å². The second-order valence-electron chi connectivity index (χ2n) is 8.07. The normalized spacial score (nSPS) is 19.0. The van der Waals surface area contributed by atoms with Crippen molar-refractivity contribution in [3.8, 4) is 0 Å². The Hall–Kier alpha value is -1.40. The van der Waals surface area contributed by atoms with Crippen LogP contribution in [-0.4, -0.2) is 50.3 Å². The smallest absolute Gasteiger partial charge is 0.310 e. The first kappa shape index (κ1) is 21.9. The molecule has 0 aromatic heterocycles. The van der Waals surface area contributed by atoms with Gasteiger partial charge in [-0.2, -0.15) is 0 Å². The molecule has 0 saturated carbocycles. The summed E-state index contributed by atoms with van der Waals surface area (Å²) in [5, 5.41) is 0. The molecule has 0 radical (unpaired) electrons. The zero-order chi connectivity index (χ0) is 20.1. The fourth-order valence-corrected chi connectivity index (χ4v) is 5.16. The lowest BCUT2D eigenvalue weighted by molar-refractivity contribution is -0.149. The average molecular weight is 396 g/mol. The molecule has 1 aromatic rings. The number of sulfone groups is 1. The Labute approximate surface area is 164 Å². The fraction of sp³-hybridized carbons (Fsp3) is 0.667. The van der Waals surface area contributed by atoms with E-state index in [0.29, 0.717) is 24.5 Å². The molecule has 0 unspecified atom stereocenters. The maximum absolute atomic E-state index is 13.0. The zero-order valence-electron chi connectivity index (χ0n) is 17.0. The van der Waals surface area contributed by atoms with Gasteiger partial charge >= 0.3 is 5.97 Å². The first-order valence-corrected chi connectivity index (χ1v) is 11.4. The monoisotopic (exact) mass is 395 g/mol. The van der Waals surface area contributed by atoms with Crippen LogP contribution in [0.1, 0.15) is 52.0 Å². The largest absolute Gasteiger partial charge is 0.466 e. The van der Waals surface area contributed by atoms with Gasteiger partial charge in [0.25, 0.3) is 0 Å². The van der Waals surface area contributed by atoms with Gasteiger partial charge in [0.15, 0.2) is 9.84 Å². The number of likely N-dealkylation sites (tertiary alicyclic amines) is 1. The summed E-state index contributed by atoms with van der Waals surface area (Å²) in [6.45, 7) is 10.3. The van der Waals surface area contributed by atoms with Crippen LogP contribution in [0.5, 0.6) is 0 Å². The molecule has 1 fully saturated rings. The fourth-order valence-electron chi connectivity index (χ4n) is 3.61. The number of carbonyl (C=O) groups is 1. The van der Waals surface area contributed by atoms with Crippen molar-refractivity contribution in [2.75, 3.05) is 26.2 Å². The Balaban J connectivity index is 1.91. The number of hydrogen-bond acceptors (Lipinski definition) is 5. The van der Waals surface area contributed by atoms with Gasteiger partial charge in [-0.05, 0) is 78.6 Å². The van der Waals surface area contributed by atoms with Crippen molar-refractivity contribution in [2.45, 2.75) is 63.0 Å². The quantitative estimate of drug-likeness (QED) is 0.629. The Morgan fingerprint density at radius 3 is 2.56 bits per heavy atom. The SMILES string of the molecule is CCOC(=O)[C@@H]1CCCN(CCCC(C)(C)S(=O)(=O)c2ccc(C)cc2)C1. The van der Waals surface area contributed by atoms with Crippen molar-refractivity contribution in [2.24, 2.45) is 5.92 Å². The molecule has 27 heavy (non-hydrogen) atoms. The molecule has 0 N–H and O–H groups in total. The van der Waals surface area contributed by atoms with E-state index in [1.165, 1.54) is 0 Å². The van der Waals surface area contributed by atoms with E-state index in [4.69, 9.17) is 4.74 Å². The van der Waals surface area contributed by atoms with Crippen LogP contribution in [0.4, 0.5) is 0 Å². The number of carbonyl (C=O) groups excluding carboxylic acids is 1. The van der Waals surface area contributed by atoms with Crippen LogP contribution in [0.15, 0.2) is 29.2 Å². The number of rotatable bonds is 8. The molecule has 6 heteroatoms. The number of aryl methyl sites for hydroxylation is 1. The van der Waals surface area contributed by atoms with Crippen LogP contribution in [-0.2, 0) is 19.4 Å². The molecule has 5 nitrogen and oxygen atoms in total. The molecule has 2 rings (SSSR count). The standard InChI is InChI=1S/C21H33NO4S/c1-5-26-20(23)18-8-6-14-22(16-18)15-7-13-21(3,4)27(24,25)19-11-9-17(2)10-12-19/h9-12,18H,5-8,13-16H2,1-4H3/t18-/m1/s1. The number of esters is 1. The topological polar surface area (TPSA) is 63.7 Å². The third kappa shape index (κ3) is 5.55. The van der Waals surface area contributed by atoms with Crippen LogP contribution in [0.25, 0.3) is 0 Å². The van der Waals surface area contributed by atoms with Crippen molar-refractivity contribution < 1.29 is 17.9 Å². The van der Waals surface area contributed by atoms with Crippen molar-refractivity contribution in [1.29, 1.82) is 0 Å². The first-order valence-electron chi connectivity index (χ1n) is 9.87.